The highest BCUT2D eigenvalue weighted by atomic mass is 32.2. The van der Waals surface area contributed by atoms with Crippen molar-refractivity contribution >= 4 is 9.84 Å². The SMILES string of the molecule is CC1(c2nc(CN)no2)CCS(=O)(=O)CC1. The fourth-order valence-corrected chi connectivity index (χ4v) is 3.51. The van der Waals surface area contributed by atoms with Crippen molar-refractivity contribution in [2.45, 2.75) is 31.7 Å². The van der Waals surface area contributed by atoms with Crippen LogP contribution >= 0.6 is 0 Å². The molecular weight excluding hydrogens is 230 g/mol. The van der Waals surface area contributed by atoms with Crippen LogP contribution in [0.4, 0.5) is 0 Å². The molecule has 0 aromatic carbocycles. The molecule has 0 radical (unpaired) electrons. The van der Waals surface area contributed by atoms with Crippen LogP contribution in [0.2, 0.25) is 0 Å². The van der Waals surface area contributed by atoms with E-state index in [2.05, 4.69) is 10.1 Å². The number of hydrogen-bond donors (Lipinski definition) is 1. The Morgan fingerprint density at radius 1 is 1.44 bits per heavy atom. The highest BCUT2D eigenvalue weighted by Crippen LogP contribution is 2.34. The Morgan fingerprint density at radius 2 is 2.06 bits per heavy atom. The highest BCUT2D eigenvalue weighted by molar-refractivity contribution is 7.91. The van der Waals surface area contributed by atoms with E-state index in [0.29, 0.717) is 24.6 Å². The molecule has 1 aromatic heterocycles. The van der Waals surface area contributed by atoms with Gasteiger partial charge in [-0.1, -0.05) is 12.1 Å². The van der Waals surface area contributed by atoms with E-state index in [9.17, 15) is 8.42 Å². The number of nitrogens with two attached hydrogens (primary N) is 1. The molecule has 7 heteroatoms. The lowest BCUT2D eigenvalue weighted by Gasteiger charge is -2.29. The van der Waals surface area contributed by atoms with Gasteiger partial charge in [-0.05, 0) is 12.8 Å². The van der Waals surface area contributed by atoms with Crippen molar-refractivity contribution in [2.75, 3.05) is 11.5 Å². The third-order valence-corrected chi connectivity index (χ3v) is 4.75. The maximum Gasteiger partial charge on any atom is 0.232 e. The van der Waals surface area contributed by atoms with Crippen molar-refractivity contribution in [1.82, 2.24) is 10.1 Å². The van der Waals surface area contributed by atoms with Crippen LogP contribution < -0.4 is 5.73 Å². The molecule has 0 aliphatic carbocycles. The Bertz CT molecular complexity index is 466. The number of sulfone groups is 1. The summed E-state index contributed by atoms with van der Waals surface area (Å²) in [4.78, 5) is 4.17. The van der Waals surface area contributed by atoms with E-state index in [-0.39, 0.29) is 23.5 Å². The van der Waals surface area contributed by atoms with Gasteiger partial charge in [0.25, 0.3) is 0 Å². The molecule has 6 nitrogen and oxygen atoms in total. The van der Waals surface area contributed by atoms with Crippen molar-refractivity contribution < 1.29 is 12.9 Å². The molecule has 2 N–H and O–H groups in total. The Hall–Kier alpha value is -0.950. The molecule has 0 bridgehead atoms. The molecule has 1 aromatic rings. The van der Waals surface area contributed by atoms with Gasteiger partial charge in [0.15, 0.2) is 5.82 Å². The molecule has 0 atom stereocenters. The van der Waals surface area contributed by atoms with Gasteiger partial charge >= 0.3 is 0 Å². The zero-order valence-corrected chi connectivity index (χ0v) is 9.96. The van der Waals surface area contributed by atoms with Gasteiger partial charge in [-0.25, -0.2) is 8.42 Å². The topological polar surface area (TPSA) is 99.1 Å². The minimum absolute atomic E-state index is 0.184. The minimum atomic E-state index is -2.88. The first-order valence-corrected chi connectivity index (χ1v) is 7.01. The summed E-state index contributed by atoms with van der Waals surface area (Å²) in [6.07, 6.45) is 1.06. The normalized spacial score (nSPS) is 23.1. The molecule has 1 fully saturated rings. The summed E-state index contributed by atoms with van der Waals surface area (Å²) in [5.74, 6) is 1.33. The van der Waals surface area contributed by atoms with Crippen LogP contribution in [-0.2, 0) is 21.8 Å². The molecule has 0 unspecified atom stereocenters. The van der Waals surface area contributed by atoms with E-state index < -0.39 is 9.84 Å². The maximum atomic E-state index is 11.3. The third kappa shape index (κ3) is 2.10. The van der Waals surface area contributed by atoms with Gasteiger partial charge in [-0.15, -0.1) is 0 Å². The summed E-state index contributed by atoms with van der Waals surface area (Å²) in [6, 6.07) is 0. The van der Waals surface area contributed by atoms with Gasteiger partial charge in [0.1, 0.15) is 9.84 Å². The van der Waals surface area contributed by atoms with Crippen molar-refractivity contribution in [2.24, 2.45) is 5.73 Å². The highest BCUT2D eigenvalue weighted by Gasteiger charge is 2.39. The van der Waals surface area contributed by atoms with E-state index in [1.54, 1.807) is 0 Å². The summed E-state index contributed by atoms with van der Waals surface area (Å²) in [6.45, 7) is 2.19. The predicted molar refractivity (Wildman–Crippen MR) is 57.4 cm³/mol. The molecule has 90 valence electrons. The molecule has 0 saturated carbocycles. The summed E-state index contributed by atoms with van der Waals surface area (Å²) < 4.78 is 27.8. The van der Waals surface area contributed by atoms with E-state index in [4.69, 9.17) is 10.3 Å². The van der Waals surface area contributed by atoms with E-state index in [0.717, 1.165) is 0 Å². The first-order chi connectivity index (χ1) is 7.45. The Balaban J connectivity index is 2.20. The first-order valence-electron chi connectivity index (χ1n) is 5.19. The van der Waals surface area contributed by atoms with Gasteiger partial charge in [0.2, 0.25) is 5.89 Å². The van der Waals surface area contributed by atoms with Gasteiger partial charge in [0.05, 0.1) is 18.1 Å². The molecule has 1 saturated heterocycles. The largest absolute Gasteiger partial charge is 0.339 e. The van der Waals surface area contributed by atoms with Crippen molar-refractivity contribution in [1.29, 1.82) is 0 Å². The fourth-order valence-electron chi connectivity index (χ4n) is 1.78. The molecule has 2 rings (SSSR count). The van der Waals surface area contributed by atoms with E-state index in [1.807, 2.05) is 6.92 Å². The molecular formula is C9H15N3O3S. The lowest BCUT2D eigenvalue weighted by molar-refractivity contribution is 0.274. The van der Waals surface area contributed by atoms with Gasteiger partial charge < -0.3 is 10.3 Å². The third-order valence-electron chi connectivity index (χ3n) is 3.10. The number of rotatable bonds is 2. The van der Waals surface area contributed by atoms with Crippen LogP contribution in [0.25, 0.3) is 0 Å². The lowest BCUT2D eigenvalue weighted by Crippen LogP contribution is -2.34. The number of hydrogen-bond acceptors (Lipinski definition) is 6. The Kier molecular flexibility index (Phi) is 2.75. The monoisotopic (exact) mass is 245 g/mol. The molecule has 1 aliphatic heterocycles. The molecule has 2 heterocycles. The van der Waals surface area contributed by atoms with Crippen LogP contribution in [0.1, 0.15) is 31.5 Å². The van der Waals surface area contributed by atoms with Crippen LogP contribution in [-0.4, -0.2) is 30.1 Å². The average molecular weight is 245 g/mol. The van der Waals surface area contributed by atoms with Crippen molar-refractivity contribution in [3.8, 4) is 0 Å². The van der Waals surface area contributed by atoms with Crippen LogP contribution in [0.5, 0.6) is 0 Å². The van der Waals surface area contributed by atoms with Crippen molar-refractivity contribution in [3.05, 3.63) is 11.7 Å². The second-order valence-corrected chi connectivity index (χ2v) is 6.74. The lowest BCUT2D eigenvalue weighted by atomic mass is 9.84. The number of nitrogens with zero attached hydrogens (tertiary/aromatic N) is 2. The van der Waals surface area contributed by atoms with E-state index >= 15 is 0 Å². The van der Waals surface area contributed by atoms with Crippen LogP contribution in [0.3, 0.4) is 0 Å². The maximum absolute atomic E-state index is 11.3. The standard InChI is InChI=1S/C9H15N3O3S/c1-9(2-4-16(13,14)5-3-9)8-11-7(6-10)12-15-8/h2-6,10H2,1H3. The van der Waals surface area contributed by atoms with Gasteiger partial charge in [0, 0.05) is 5.41 Å². The first kappa shape index (κ1) is 11.5. The van der Waals surface area contributed by atoms with E-state index in [1.165, 1.54) is 0 Å². The molecule has 1 aliphatic rings. The quantitative estimate of drug-likeness (QED) is 0.787. The average Bonchev–Trinajstić information content (AvgIpc) is 2.72. The predicted octanol–water partition coefficient (Wildman–Crippen LogP) is -0.00540. The van der Waals surface area contributed by atoms with Gasteiger partial charge in [-0.3, -0.25) is 0 Å². The second-order valence-electron chi connectivity index (χ2n) is 4.43. The second kappa shape index (κ2) is 3.81. The van der Waals surface area contributed by atoms with Crippen LogP contribution in [0, 0.1) is 0 Å². The molecule has 0 spiro atoms. The summed E-state index contributed by atoms with van der Waals surface area (Å²) in [5, 5.41) is 3.73. The minimum Gasteiger partial charge on any atom is -0.339 e. The van der Waals surface area contributed by atoms with Crippen molar-refractivity contribution in [3.63, 3.8) is 0 Å². The Morgan fingerprint density at radius 3 is 2.56 bits per heavy atom. The van der Waals surface area contributed by atoms with Crippen LogP contribution in [0.15, 0.2) is 4.52 Å². The summed E-state index contributed by atoms with van der Waals surface area (Å²) in [5.41, 5.74) is 5.07. The summed E-state index contributed by atoms with van der Waals surface area (Å²) in [7, 11) is -2.88. The summed E-state index contributed by atoms with van der Waals surface area (Å²) >= 11 is 0. The smallest absolute Gasteiger partial charge is 0.232 e. The zero-order chi connectivity index (χ0) is 11.8. The molecule has 0 amide bonds. The Labute approximate surface area is 94.1 Å². The fraction of sp³-hybridized carbons (Fsp3) is 0.778. The molecule has 16 heavy (non-hydrogen) atoms. The van der Waals surface area contributed by atoms with Gasteiger partial charge in [-0.2, -0.15) is 4.98 Å². The number of aromatic nitrogens is 2. The zero-order valence-electron chi connectivity index (χ0n) is 9.14.